The second kappa shape index (κ2) is 1.59. The molecule has 0 radical (unpaired) electrons. The summed E-state index contributed by atoms with van der Waals surface area (Å²) in [5.41, 5.74) is 0.762. The molecule has 1 aliphatic rings. The highest BCUT2D eigenvalue weighted by atomic mass is 16.4. The number of carbonyl (C=O) groups is 1. The fourth-order valence-corrected chi connectivity index (χ4v) is 0.610. The van der Waals surface area contributed by atoms with Gasteiger partial charge < -0.3 is 5.11 Å². The Kier molecular flexibility index (Phi) is 1.06. The van der Waals surface area contributed by atoms with Crippen LogP contribution in [0.4, 0.5) is 0 Å². The van der Waals surface area contributed by atoms with Crippen molar-refractivity contribution < 1.29 is 9.90 Å². The Labute approximate surface area is 47.0 Å². The number of carboxylic acid groups (broad SMARTS) is 1. The molecule has 1 aliphatic heterocycles. The van der Waals surface area contributed by atoms with Gasteiger partial charge in [0.25, 0.3) is 0 Å². The number of nitrogens with one attached hydrogen (secondary N) is 1. The van der Waals surface area contributed by atoms with Crippen LogP contribution < -0.4 is 5.32 Å². The van der Waals surface area contributed by atoms with Crippen LogP contribution in [0, 0.1) is 0 Å². The summed E-state index contributed by atoms with van der Waals surface area (Å²) in [7, 11) is 0. The van der Waals surface area contributed by atoms with E-state index in [9.17, 15) is 4.79 Å². The third kappa shape index (κ3) is 0.607. The van der Waals surface area contributed by atoms with Crippen LogP contribution in [0.15, 0.2) is 12.2 Å². The molecule has 1 unspecified atom stereocenters. The Morgan fingerprint density at radius 3 is 2.62 bits per heavy atom. The molecule has 0 aliphatic carbocycles. The molecule has 2 N–H and O–H groups in total. The summed E-state index contributed by atoms with van der Waals surface area (Å²) in [6, 6.07) is -0.477. The maximum Gasteiger partial charge on any atom is 0.325 e. The predicted octanol–water partition coefficient (Wildman–Crippen LogP) is -0.401. The molecule has 3 nitrogen and oxygen atoms in total. The number of hydrogen-bond donors (Lipinski definition) is 2. The van der Waals surface area contributed by atoms with Gasteiger partial charge in [0.15, 0.2) is 0 Å². The Balaban J connectivity index is 2.49. The molecule has 1 rings (SSSR count). The summed E-state index contributed by atoms with van der Waals surface area (Å²) >= 11 is 0. The highest BCUT2D eigenvalue weighted by molar-refractivity contribution is 5.79. The maximum atomic E-state index is 10.1. The lowest BCUT2D eigenvalue weighted by Gasteiger charge is -2.26. The van der Waals surface area contributed by atoms with Gasteiger partial charge in [0.1, 0.15) is 6.04 Å². The number of carboxylic acids is 1. The number of hydrogen-bond acceptors (Lipinski definition) is 2. The summed E-state index contributed by atoms with van der Waals surface area (Å²) in [6.07, 6.45) is 0. The molecule has 1 fully saturated rings. The van der Waals surface area contributed by atoms with E-state index >= 15 is 0 Å². The molecule has 1 heterocycles. The van der Waals surface area contributed by atoms with Crippen LogP contribution in [-0.4, -0.2) is 23.7 Å². The van der Waals surface area contributed by atoms with Gasteiger partial charge in [-0.15, -0.1) is 0 Å². The van der Waals surface area contributed by atoms with Gasteiger partial charge in [-0.3, -0.25) is 10.1 Å². The lowest BCUT2D eigenvalue weighted by molar-refractivity contribution is -0.139. The van der Waals surface area contributed by atoms with Crippen molar-refractivity contribution in [2.45, 2.75) is 6.04 Å². The zero-order valence-corrected chi connectivity index (χ0v) is 4.35. The molecular formula is C5H7NO2. The number of aliphatic carboxylic acids is 1. The van der Waals surface area contributed by atoms with Crippen LogP contribution >= 0.6 is 0 Å². The Morgan fingerprint density at radius 2 is 2.62 bits per heavy atom. The molecule has 0 aromatic rings. The summed E-state index contributed by atoms with van der Waals surface area (Å²) in [4.78, 5) is 10.1. The highest BCUT2D eigenvalue weighted by Gasteiger charge is 2.27. The van der Waals surface area contributed by atoms with Gasteiger partial charge >= 0.3 is 5.97 Å². The van der Waals surface area contributed by atoms with Gasteiger partial charge in [0.05, 0.1) is 0 Å². The van der Waals surface area contributed by atoms with Crippen molar-refractivity contribution in [1.29, 1.82) is 0 Å². The SMILES string of the molecule is C=C1CNC1C(=O)O. The summed E-state index contributed by atoms with van der Waals surface area (Å²) in [6.45, 7) is 4.17. The van der Waals surface area contributed by atoms with E-state index in [-0.39, 0.29) is 0 Å². The first-order valence-corrected chi connectivity index (χ1v) is 2.35. The molecule has 0 amide bonds. The van der Waals surface area contributed by atoms with Crippen molar-refractivity contribution in [3.63, 3.8) is 0 Å². The van der Waals surface area contributed by atoms with Crippen molar-refractivity contribution in [1.82, 2.24) is 5.32 Å². The Hall–Kier alpha value is -0.830. The van der Waals surface area contributed by atoms with Crippen molar-refractivity contribution >= 4 is 5.97 Å². The minimum absolute atomic E-state index is 0.477. The van der Waals surface area contributed by atoms with E-state index in [0.29, 0.717) is 6.54 Å². The number of rotatable bonds is 1. The maximum absolute atomic E-state index is 10.1. The zero-order chi connectivity index (χ0) is 6.15. The van der Waals surface area contributed by atoms with E-state index in [2.05, 4.69) is 11.9 Å². The molecular weight excluding hydrogens is 106 g/mol. The molecule has 8 heavy (non-hydrogen) atoms. The topological polar surface area (TPSA) is 49.3 Å². The first-order chi connectivity index (χ1) is 3.72. The summed E-state index contributed by atoms with van der Waals surface area (Å²) in [5, 5.41) is 11.0. The standard InChI is InChI=1S/C5H7NO2/c1-3-2-6-4(3)5(7)8/h4,6H,1-2H2,(H,7,8). The van der Waals surface area contributed by atoms with Crippen LogP contribution in [-0.2, 0) is 4.79 Å². The molecule has 0 spiro atoms. The van der Waals surface area contributed by atoms with Gasteiger partial charge in [-0.05, 0) is 5.57 Å². The van der Waals surface area contributed by atoms with Crippen LogP contribution in [0.3, 0.4) is 0 Å². The second-order valence-electron chi connectivity index (χ2n) is 1.81. The molecule has 44 valence electrons. The average Bonchev–Trinajstić information content (AvgIpc) is 1.61. The first kappa shape index (κ1) is 5.31. The summed E-state index contributed by atoms with van der Waals surface area (Å²) < 4.78 is 0. The first-order valence-electron chi connectivity index (χ1n) is 2.35. The van der Waals surface area contributed by atoms with E-state index in [1.807, 2.05) is 0 Å². The van der Waals surface area contributed by atoms with E-state index in [1.54, 1.807) is 0 Å². The molecule has 3 heteroatoms. The fourth-order valence-electron chi connectivity index (χ4n) is 0.610. The fraction of sp³-hybridized carbons (Fsp3) is 0.400. The Bertz CT molecular complexity index is 133. The van der Waals surface area contributed by atoms with E-state index in [1.165, 1.54) is 0 Å². The summed E-state index contributed by atoms with van der Waals surface area (Å²) in [5.74, 6) is -0.832. The minimum atomic E-state index is -0.832. The largest absolute Gasteiger partial charge is 0.480 e. The van der Waals surface area contributed by atoms with Gasteiger partial charge in [0, 0.05) is 6.54 Å². The normalized spacial score (nSPS) is 27.0. The van der Waals surface area contributed by atoms with Crippen LogP contribution in [0.2, 0.25) is 0 Å². The molecule has 0 aromatic carbocycles. The van der Waals surface area contributed by atoms with Crippen LogP contribution in [0.1, 0.15) is 0 Å². The Morgan fingerprint density at radius 1 is 2.00 bits per heavy atom. The van der Waals surface area contributed by atoms with Gasteiger partial charge in [0.2, 0.25) is 0 Å². The van der Waals surface area contributed by atoms with Crippen molar-refractivity contribution in [2.24, 2.45) is 0 Å². The predicted molar refractivity (Wildman–Crippen MR) is 28.6 cm³/mol. The monoisotopic (exact) mass is 113 g/mol. The highest BCUT2D eigenvalue weighted by Crippen LogP contribution is 2.07. The smallest absolute Gasteiger partial charge is 0.325 e. The minimum Gasteiger partial charge on any atom is -0.480 e. The van der Waals surface area contributed by atoms with Crippen molar-refractivity contribution in [3.05, 3.63) is 12.2 Å². The molecule has 1 saturated heterocycles. The van der Waals surface area contributed by atoms with Crippen LogP contribution in [0.5, 0.6) is 0 Å². The van der Waals surface area contributed by atoms with E-state index in [0.717, 1.165) is 5.57 Å². The van der Waals surface area contributed by atoms with Gasteiger partial charge in [-0.2, -0.15) is 0 Å². The van der Waals surface area contributed by atoms with Crippen LogP contribution in [0.25, 0.3) is 0 Å². The van der Waals surface area contributed by atoms with Crippen molar-refractivity contribution in [3.8, 4) is 0 Å². The van der Waals surface area contributed by atoms with Gasteiger partial charge in [-0.1, -0.05) is 6.58 Å². The lowest BCUT2D eigenvalue weighted by Crippen LogP contribution is -2.50. The van der Waals surface area contributed by atoms with E-state index < -0.39 is 12.0 Å². The van der Waals surface area contributed by atoms with E-state index in [4.69, 9.17) is 5.11 Å². The van der Waals surface area contributed by atoms with Gasteiger partial charge in [-0.25, -0.2) is 0 Å². The lowest BCUT2D eigenvalue weighted by atomic mass is 10.0. The zero-order valence-electron chi connectivity index (χ0n) is 4.35. The molecule has 0 bridgehead atoms. The third-order valence-corrected chi connectivity index (χ3v) is 1.19. The van der Waals surface area contributed by atoms with Crippen molar-refractivity contribution in [2.75, 3.05) is 6.54 Å². The second-order valence-corrected chi connectivity index (χ2v) is 1.81. The quantitative estimate of drug-likeness (QED) is 0.455. The molecule has 1 atom stereocenters. The molecule has 0 saturated carbocycles. The average molecular weight is 113 g/mol. The molecule has 0 aromatic heterocycles. The third-order valence-electron chi connectivity index (χ3n) is 1.19.